The van der Waals surface area contributed by atoms with Crippen molar-refractivity contribution in [1.29, 1.82) is 0 Å². The number of nitrogens with one attached hydrogen (secondary N) is 2. The van der Waals surface area contributed by atoms with Crippen molar-refractivity contribution in [3.8, 4) is 0 Å². The van der Waals surface area contributed by atoms with E-state index in [1.54, 1.807) is 0 Å². The first-order valence-electron chi connectivity index (χ1n) is 15.4. The third kappa shape index (κ3) is 6.98. The van der Waals surface area contributed by atoms with E-state index >= 15 is 0 Å². The van der Waals surface area contributed by atoms with Crippen LogP contribution >= 0.6 is 39.3 Å². The second-order valence-corrected chi connectivity index (χ2v) is 14.7. The van der Waals surface area contributed by atoms with E-state index < -0.39 is 10.8 Å². The minimum absolute atomic E-state index is 0.0500. The quantitative estimate of drug-likeness (QED) is 0.173. The van der Waals surface area contributed by atoms with E-state index in [0.29, 0.717) is 18.1 Å². The van der Waals surface area contributed by atoms with Gasteiger partial charge in [-0.1, -0.05) is 51.8 Å². The zero-order valence-electron chi connectivity index (χ0n) is 25.6. The molecule has 236 valence electrons. The number of thioether (sulfide) groups is 1. The molecule has 2 fully saturated rings. The van der Waals surface area contributed by atoms with E-state index in [1.807, 2.05) is 53.6 Å². The first-order valence-corrected chi connectivity index (χ1v) is 17.4. The van der Waals surface area contributed by atoms with Crippen LogP contribution in [-0.2, 0) is 20.9 Å². The summed E-state index contributed by atoms with van der Waals surface area (Å²) in [6.07, 6.45) is 2.85. The summed E-state index contributed by atoms with van der Waals surface area (Å²) in [7, 11) is 0. The number of morpholine rings is 1. The van der Waals surface area contributed by atoms with Crippen LogP contribution in [0.15, 0.2) is 76.2 Å². The second kappa shape index (κ2) is 13.9. The molecule has 4 aromatic rings. The Hall–Kier alpha value is -2.82. The van der Waals surface area contributed by atoms with Crippen LogP contribution in [0, 0.1) is 13.8 Å². The second-order valence-electron chi connectivity index (χ2n) is 12.0. The number of rotatable bonds is 10. The number of fused-ring (bicyclic) bond motifs is 1. The van der Waals surface area contributed by atoms with Crippen LogP contribution in [0.1, 0.15) is 41.1 Å². The Morgan fingerprint density at radius 2 is 1.87 bits per heavy atom. The zero-order valence-corrected chi connectivity index (χ0v) is 28.7. The smallest absolute Gasteiger partial charge is 0.239 e. The van der Waals surface area contributed by atoms with Gasteiger partial charge in [0.25, 0.3) is 0 Å². The molecule has 10 heteroatoms. The Morgan fingerprint density at radius 3 is 2.62 bits per heavy atom. The summed E-state index contributed by atoms with van der Waals surface area (Å²) >= 11 is 11.4. The number of likely N-dealkylation sites (tertiary alicyclic amines) is 1. The van der Waals surface area contributed by atoms with E-state index in [2.05, 4.69) is 63.2 Å². The van der Waals surface area contributed by atoms with Gasteiger partial charge in [-0.15, -0.1) is 11.8 Å². The lowest BCUT2D eigenvalue weighted by atomic mass is 9.91. The molecule has 0 unspecified atom stereocenters. The van der Waals surface area contributed by atoms with Gasteiger partial charge in [0.05, 0.1) is 25.7 Å². The van der Waals surface area contributed by atoms with Gasteiger partial charge in [0.2, 0.25) is 11.8 Å². The molecule has 3 aromatic carbocycles. The highest BCUT2D eigenvalue weighted by Gasteiger charge is 2.58. The van der Waals surface area contributed by atoms with Crippen LogP contribution in [-0.4, -0.2) is 70.7 Å². The Bertz CT molecular complexity index is 1690. The first-order chi connectivity index (χ1) is 21.7. The van der Waals surface area contributed by atoms with E-state index in [9.17, 15) is 9.59 Å². The molecule has 2 aliphatic rings. The molecular weight excluding hydrogens is 672 g/mol. The molecule has 2 N–H and O–H groups in total. The van der Waals surface area contributed by atoms with Gasteiger partial charge < -0.3 is 19.9 Å². The number of hydrogen-bond donors (Lipinski definition) is 2. The van der Waals surface area contributed by atoms with Crippen LogP contribution in [0.25, 0.3) is 10.9 Å². The third-order valence-corrected chi connectivity index (χ3v) is 11.1. The maximum Gasteiger partial charge on any atom is 0.239 e. The topological polar surface area (TPSA) is 77.7 Å². The molecule has 2 atom stereocenters. The molecule has 2 saturated heterocycles. The van der Waals surface area contributed by atoms with Crippen molar-refractivity contribution in [2.45, 2.75) is 48.9 Å². The Kier molecular flexibility index (Phi) is 9.92. The summed E-state index contributed by atoms with van der Waals surface area (Å²) in [4.78, 5) is 37.5. The molecule has 45 heavy (non-hydrogen) atoms. The first kappa shape index (κ1) is 32.1. The SMILES string of the molecule is Cc1ccc(S[C@@]2(C(=O)NCCCN3CCOCC3)CC(=O)N(Cc3ccc(Br)cc3)[C@@H]2c2c[nH]c3cc(Cl)ccc23)cc1C. The van der Waals surface area contributed by atoms with E-state index in [-0.39, 0.29) is 18.2 Å². The van der Waals surface area contributed by atoms with Gasteiger partial charge in [-0.3, -0.25) is 14.5 Å². The Labute approximate surface area is 282 Å². The van der Waals surface area contributed by atoms with Gasteiger partial charge >= 0.3 is 0 Å². The number of amides is 2. The fourth-order valence-corrected chi connectivity index (χ4v) is 8.32. The maximum atomic E-state index is 14.7. The van der Waals surface area contributed by atoms with Crippen molar-refractivity contribution in [2.75, 3.05) is 39.4 Å². The molecule has 0 bridgehead atoms. The summed E-state index contributed by atoms with van der Waals surface area (Å²) in [6.45, 7) is 9.28. The predicted molar refractivity (Wildman–Crippen MR) is 185 cm³/mol. The number of aryl methyl sites for hydroxylation is 2. The minimum Gasteiger partial charge on any atom is -0.379 e. The van der Waals surface area contributed by atoms with Crippen molar-refractivity contribution >= 4 is 62.0 Å². The number of H-pyrrole nitrogens is 1. The van der Waals surface area contributed by atoms with Crippen molar-refractivity contribution in [3.05, 3.63) is 98.6 Å². The monoisotopic (exact) mass is 708 g/mol. The van der Waals surface area contributed by atoms with Gasteiger partial charge in [-0.05, 0) is 79.9 Å². The highest BCUT2D eigenvalue weighted by atomic mass is 79.9. The van der Waals surface area contributed by atoms with E-state index in [0.717, 1.165) is 76.2 Å². The average Bonchev–Trinajstić information content (AvgIpc) is 3.56. The maximum absolute atomic E-state index is 14.7. The summed E-state index contributed by atoms with van der Waals surface area (Å²) in [5.41, 5.74) is 5.11. The van der Waals surface area contributed by atoms with Crippen molar-refractivity contribution in [3.63, 3.8) is 0 Å². The van der Waals surface area contributed by atoms with Gasteiger partial charge in [-0.25, -0.2) is 0 Å². The fourth-order valence-electron chi connectivity index (χ4n) is 6.36. The van der Waals surface area contributed by atoms with Gasteiger partial charge in [-0.2, -0.15) is 0 Å². The molecule has 0 radical (unpaired) electrons. The highest BCUT2D eigenvalue weighted by molar-refractivity contribution is 9.10. The number of hydrogen-bond acceptors (Lipinski definition) is 5. The molecule has 0 saturated carbocycles. The van der Waals surface area contributed by atoms with E-state index in [1.165, 1.54) is 17.3 Å². The summed E-state index contributed by atoms with van der Waals surface area (Å²) in [5.74, 6) is -0.168. The minimum atomic E-state index is -1.11. The van der Waals surface area contributed by atoms with Crippen LogP contribution in [0.5, 0.6) is 0 Å². The zero-order chi connectivity index (χ0) is 31.6. The number of benzene rings is 3. The summed E-state index contributed by atoms with van der Waals surface area (Å²) in [6, 6.07) is 19.5. The number of nitrogens with zero attached hydrogens (tertiary/aromatic N) is 2. The van der Waals surface area contributed by atoms with Crippen molar-refractivity contribution in [2.24, 2.45) is 0 Å². The number of ether oxygens (including phenoxy) is 1. The largest absolute Gasteiger partial charge is 0.379 e. The number of carbonyl (C=O) groups excluding carboxylic acids is 2. The summed E-state index contributed by atoms with van der Waals surface area (Å²) in [5, 5.41) is 4.85. The van der Waals surface area contributed by atoms with E-state index in [4.69, 9.17) is 16.3 Å². The number of aromatic nitrogens is 1. The molecule has 7 nitrogen and oxygen atoms in total. The average molecular weight is 710 g/mol. The molecule has 2 amide bonds. The van der Waals surface area contributed by atoms with Crippen LogP contribution in [0.2, 0.25) is 5.02 Å². The van der Waals surface area contributed by atoms with Crippen LogP contribution in [0.3, 0.4) is 0 Å². The number of aromatic amines is 1. The summed E-state index contributed by atoms with van der Waals surface area (Å²) < 4.78 is 5.35. The molecular formula is C35H38BrClN4O3S. The van der Waals surface area contributed by atoms with Gasteiger partial charge in [0.15, 0.2) is 0 Å². The molecule has 1 aromatic heterocycles. The molecule has 2 aliphatic heterocycles. The lowest BCUT2D eigenvalue weighted by Gasteiger charge is -2.36. The molecule has 0 aliphatic carbocycles. The lowest BCUT2D eigenvalue weighted by Crippen LogP contribution is -2.48. The number of halogens is 2. The van der Waals surface area contributed by atoms with Gasteiger partial charge in [0.1, 0.15) is 4.75 Å². The van der Waals surface area contributed by atoms with Crippen LogP contribution < -0.4 is 5.32 Å². The number of carbonyl (C=O) groups is 2. The van der Waals surface area contributed by atoms with Crippen LogP contribution in [0.4, 0.5) is 0 Å². The molecule has 6 rings (SSSR count). The molecule has 3 heterocycles. The fraction of sp³-hybridized carbons (Fsp3) is 0.371. The predicted octanol–water partition coefficient (Wildman–Crippen LogP) is 7.04. The van der Waals surface area contributed by atoms with Crippen molar-refractivity contribution in [1.82, 2.24) is 20.1 Å². The lowest BCUT2D eigenvalue weighted by molar-refractivity contribution is -0.129. The Morgan fingerprint density at radius 1 is 1.09 bits per heavy atom. The highest BCUT2D eigenvalue weighted by Crippen LogP contribution is 2.54. The third-order valence-electron chi connectivity index (χ3n) is 8.93. The van der Waals surface area contributed by atoms with Gasteiger partial charge in [0, 0.05) is 63.2 Å². The normalized spacial score (nSPS) is 20.7. The standard InChI is InChI=1S/C35H38BrClN4O3S/c1-23-4-10-28(18-24(23)2)45-35(34(43)38-12-3-13-40-14-16-44-17-15-40)20-32(42)41(22-25-5-7-26(36)8-6-25)33(35)30-21-39-31-19-27(37)9-11-29(30)31/h4-11,18-19,21,33,39H,3,12-17,20,22H2,1-2H3,(H,38,43)/t33-,35+/m1/s1. The molecule has 0 spiro atoms. The Balaban J connectivity index is 1.40. The van der Waals surface area contributed by atoms with Crippen molar-refractivity contribution < 1.29 is 14.3 Å².